The van der Waals surface area contributed by atoms with Gasteiger partial charge < -0.3 is 0 Å². The predicted molar refractivity (Wildman–Crippen MR) is 63.9 cm³/mol. The number of rotatable bonds is 0. The van der Waals surface area contributed by atoms with Crippen molar-refractivity contribution in [1.82, 2.24) is 9.97 Å². The van der Waals surface area contributed by atoms with Gasteiger partial charge in [0.1, 0.15) is 5.35 Å². The van der Waals surface area contributed by atoms with Gasteiger partial charge in [0.05, 0.1) is 16.4 Å². The fourth-order valence-corrected chi connectivity index (χ4v) is 2.24. The van der Waals surface area contributed by atoms with Crippen LogP contribution >= 0.6 is 0 Å². The van der Waals surface area contributed by atoms with Gasteiger partial charge in [0.15, 0.2) is 5.82 Å². The van der Waals surface area contributed by atoms with E-state index in [2.05, 4.69) is 16.1 Å². The number of hydrogen-bond donors (Lipinski definition) is 0. The van der Waals surface area contributed by atoms with Gasteiger partial charge in [0.2, 0.25) is 0 Å². The Kier molecular flexibility index (Phi) is 1.61. The highest BCUT2D eigenvalue weighted by atomic mass is 15.0. The minimum atomic E-state index is 0.747. The summed E-state index contributed by atoms with van der Waals surface area (Å²) in [6, 6.07) is 8.05. The number of nitrogens with zero attached hydrogens (tertiary/aromatic N) is 3. The SMILES string of the molecule is C1=CCc2nc3c(nc2=C1)N=c1ccccc1=3. The van der Waals surface area contributed by atoms with Crippen LogP contribution in [-0.2, 0) is 6.42 Å². The first kappa shape index (κ1) is 8.82. The number of hydrogen-bond acceptors (Lipinski definition) is 3. The normalized spacial score (nSPS) is 14.4. The maximum Gasteiger partial charge on any atom is 0.180 e. The summed E-state index contributed by atoms with van der Waals surface area (Å²) in [4.78, 5) is 13.8. The van der Waals surface area contributed by atoms with Crippen LogP contribution in [0.15, 0.2) is 41.4 Å². The minimum Gasteiger partial charge on any atom is -0.246 e. The van der Waals surface area contributed by atoms with Gasteiger partial charge in [-0.2, -0.15) is 0 Å². The van der Waals surface area contributed by atoms with Crippen LogP contribution < -0.4 is 10.7 Å². The maximum absolute atomic E-state index is 4.70. The molecule has 0 N–H and O–H groups in total. The zero-order chi connectivity index (χ0) is 11.2. The molecule has 3 heteroatoms. The standard InChI is InChI=1S/C14H9N3/c1-2-6-10-9(5-1)13-14(16-10)17-12-8-4-3-7-11(12)15-13/h1-6,8H,7H2. The molecule has 1 aromatic heterocycles. The minimum absolute atomic E-state index is 0.747. The summed E-state index contributed by atoms with van der Waals surface area (Å²) < 4.78 is 0. The lowest BCUT2D eigenvalue weighted by molar-refractivity contribution is 0.985. The van der Waals surface area contributed by atoms with E-state index in [4.69, 9.17) is 4.98 Å². The molecule has 2 aliphatic rings. The number of aromatic nitrogens is 2. The van der Waals surface area contributed by atoms with Crippen LogP contribution in [0.3, 0.4) is 0 Å². The molecule has 2 aromatic rings. The molecule has 0 saturated carbocycles. The Hall–Kier alpha value is -2.29. The number of allylic oxidation sites excluding steroid dienone is 2. The number of benzene rings is 1. The molecule has 1 aromatic carbocycles. The Morgan fingerprint density at radius 3 is 3.00 bits per heavy atom. The summed E-state index contributed by atoms with van der Waals surface area (Å²) in [6.45, 7) is 0. The quantitative estimate of drug-likeness (QED) is 0.564. The lowest BCUT2D eigenvalue weighted by Gasteiger charge is -2.01. The third-order valence-corrected chi connectivity index (χ3v) is 3.07. The average molecular weight is 219 g/mol. The van der Waals surface area contributed by atoms with Crippen molar-refractivity contribution >= 4 is 11.9 Å². The third kappa shape index (κ3) is 1.19. The first-order valence-electron chi connectivity index (χ1n) is 5.64. The summed E-state index contributed by atoms with van der Waals surface area (Å²) >= 11 is 0. The largest absolute Gasteiger partial charge is 0.246 e. The number of fused-ring (bicyclic) bond motifs is 3. The van der Waals surface area contributed by atoms with E-state index in [9.17, 15) is 0 Å². The van der Waals surface area contributed by atoms with Gasteiger partial charge in [-0.1, -0.05) is 30.4 Å². The third-order valence-electron chi connectivity index (χ3n) is 3.07. The van der Waals surface area contributed by atoms with Crippen molar-refractivity contribution in [1.29, 1.82) is 0 Å². The zero-order valence-corrected chi connectivity index (χ0v) is 9.09. The van der Waals surface area contributed by atoms with Crippen molar-refractivity contribution in [3.63, 3.8) is 0 Å². The highest BCUT2D eigenvalue weighted by molar-refractivity contribution is 5.43. The Morgan fingerprint density at radius 2 is 2.00 bits per heavy atom. The second-order valence-corrected chi connectivity index (χ2v) is 4.16. The van der Waals surface area contributed by atoms with Gasteiger partial charge in [0, 0.05) is 11.6 Å². The molecular weight excluding hydrogens is 210 g/mol. The molecule has 80 valence electrons. The van der Waals surface area contributed by atoms with Crippen molar-refractivity contribution in [2.24, 2.45) is 4.99 Å². The van der Waals surface area contributed by atoms with Crippen LogP contribution in [0.4, 0.5) is 5.82 Å². The van der Waals surface area contributed by atoms with E-state index in [1.807, 2.05) is 36.4 Å². The summed E-state index contributed by atoms with van der Waals surface area (Å²) in [7, 11) is 0. The Labute approximate surface area is 97.2 Å². The van der Waals surface area contributed by atoms with E-state index < -0.39 is 0 Å². The molecule has 0 radical (unpaired) electrons. The Morgan fingerprint density at radius 1 is 1.06 bits per heavy atom. The van der Waals surface area contributed by atoms with E-state index in [0.717, 1.165) is 39.2 Å². The van der Waals surface area contributed by atoms with Crippen LogP contribution in [0, 0.1) is 10.6 Å². The van der Waals surface area contributed by atoms with Crippen LogP contribution in [0.2, 0.25) is 0 Å². The molecule has 0 fully saturated rings. The van der Waals surface area contributed by atoms with E-state index in [1.165, 1.54) is 0 Å². The smallest absolute Gasteiger partial charge is 0.180 e. The fourth-order valence-electron chi connectivity index (χ4n) is 2.24. The first-order valence-corrected chi connectivity index (χ1v) is 5.64. The average Bonchev–Trinajstić information content (AvgIpc) is 2.73. The number of para-hydroxylation sites is 1. The molecule has 4 rings (SSSR count). The summed E-state index contributed by atoms with van der Waals surface area (Å²) in [6.07, 6.45) is 6.96. The second-order valence-electron chi connectivity index (χ2n) is 4.16. The van der Waals surface area contributed by atoms with Crippen molar-refractivity contribution in [2.45, 2.75) is 6.42 Å². The van der Waals surface area contributed by atoms with Crippen LogP contribution in [0.5, 0.6) is 0 Å². The van der Waals surface area contributed by atoms with Gasteiger partial charge in [-0.3, -0.25) is 0 Å². The summed E-state index contributed by atoms with van der Waals surface area (Å²) in [5, 5.41) is 3.93. The zero-order valence-electron chi connectivity index (χ0n) is 9.09. The predicted octanol–water partition coefficient (Wildman–Crippen LogP) is 0.921. The lowest BCUT2D eigenvalue weighted by atomic mass is 10.2. The molecule has 0 bridgehead atoms. The Balaban J connectivity index is 2.24. The molecule has 2 heterocycles. The van der Waals surface area contributed by atoms with Crippen molar-refractivity contribution in [3.05, 3.63) is 63.4 Å². The van der Waals surface area contributed by atoms with E-state index in [-0.39, 0.29) is 0 Å². The van der Waals surface area contributed by atoms with E-state index in [0.29, 0.717) is 0 Å². The van der Waals surface area contributed by atoms with E-state index in [1.54, 1.807) is 0 Å². The van der Waals surface area contributed by atoms with Crippen LogP contribution in [0.25, 0.3) is 6.08 Å². The van der Waals surface area contributed by atoms with E-state index >= 15 is 0 Å². The molecule has 0 spiro atoms. The summed E-state index contributed by atoms with van der Waals surface area (Å²) in [5.74, 6) is 0.747. The monoisotopic (exact) mass is 219 g/mol. The highest BCUT2D eigenvalue weighted by Gasteiger charge is 2.09. The van der Waals surface area contributed by atoms with Crippen molar-refractivity contribution in [2.75, 3.05) is 0 Å². The van der Waals surface area contributed by atoms with Gasteiger partial charge in [-0.05, 0) is 12.1 Å². The molecule has 0 amide bonds. The van der Waals surface area contributed by atoms with Crippen LogP contribution in [-0.4, -0.2) is 9.97 Å². The Bertz CT molecular complexity index is 863. The van der Waals surface area contributed by atoms with Gasteiger partial charge in [0.25, 0.3) is 0 Å². The molecule has 0 unspecified atom stereocenters. The van der Waals surface area contributed by atoms with Crippen molar-refractivity contribution < 1.29 is 0 Å². The highest BCUT2D eigenvalue weighted by Crippen LogP contribution is 2.11. The van der Waals surface area contributed by atoms with Gasteiger partial charge in [-0.25, -0.2) is 15.0 Å². The molecule has 0 atom stereocenters. The molecule has 0 saturated heterocycles. The maximum atomic E-state index is 4.70. The fraction of sp³-hybridized carbons (Fsp3) is 0.0714. The second kappa shape index (κ2) is 3.10. The molecular formula is C14H9N3. The molecule has 1 aliphatic heterocycles. The lowest BCUT2D eigenvalue weighted by Crippen LogP contribution is -2.17. The first-order chi connectivity index (χ1) is 8.42. The van der Waals surface area contributed by atoms with Gasteiger partial charge >= 0.3 is 0 Å². The summed E-state index contributed by atoms with van der Waals surface area (Å²) in [5.41, 5.74) is 1.04. The van der Waals surface area contributed by atoms with Gasteiger partial charge in [-0.15, -0.1) is 0 Å². The van der Waals surface area contributed by atoms with Crippen molar-refractivity contribution in [3.8, 4) is 0 Å². The van der Waals surface area contributed by atoms with Crippen LogP contribution in [0.1, 0.15) is 5.69 Å². The molecule has 1 aliphatic carbocycles. The molecule has 17 heavy (non-hydrogen) atoms. The topological polar surface area (TPSA) is 38.1 Å². The molecule has 3 nitrogen and oxygen atoms in total.